The highest BCUT2D eigenvalue weighted by Gasteiger charge is 2.65. The number of rotatable bonds is 4. The molecule has 0 amide bonds. The summed E-state index contributed by atoms with van der Waals surface area (Å²) in [6.07, 6.45) is 18.6. The van der Waals surface area contributed by atoms with Crippen molar-refractivity contribution in [2.24, 2.45) is 51.2 Å². The largest absolute Gasteiger partial charge is 0.478 e. The zero-order chi connectivity index (χ0) is 31.0. The number of fused-ring (bicyclic) bond motifs is 7. The van der Waals surface area contributed by atoms with Gasteiger partial charge in [-0.3, -0.25) is 0 Å². The highest BCUT2D eigenvalue weighted by atomic mass is 16.6. The lowest BCUT2D eigenvalue weighted by atomic mass is 9.36. The van der Waals surface area contributed by atoms with Crippen molar-refractivity contribution < 1.29 is 19.4 Å². The standard InChI is InChI=1S/C39H54O4/c1-35(2,3)43-34(42)26-12-10-25(11-13-26)28-16-21-38(7)31(36(28,4)5)18-22-37(6)29-17-23-39(24-19-33(40)41)20-8-9-30(39)27(29)14-15-32(37)38/h10-13,16,19,24,27,29-32H,8-9,14-15,17-18,20-23H2,1-7H3,(H,40,41)/b24-19+/t27-,29?,30+,31?,32?,37-,38-,39+/m0/s1. The van der Waals surface area contributed by atoms with Crippen molar-refractivity contribution in [3.63, 3.8) is 0 Å². The molecule has 6 rings (SSSR count). The number of aliphatic carboxylic acids is 1. The molecule has 0 saturated heterocycles. The third-order valence-electron chi connectivity index (χ3n) is 13.5. The number of carbonyl (C=O) groups is 2. The highest BCUT2D eigenvalue weighted by Crippen LogP contribution is 2.73. The predicted molar refractivity (Wildman–Crippen MR) is 172 cm³/mol. The van der Waals surface area contributed by atoms with Crippen LogP contribution in [0.1, 0.15) is 129 Å². The van der Waals surface area contributed by atoms with E-state index in [0.29, 0.717) is 22.8 Å². The lowest BCUT2D eigenvalue weighted by Gasteiger charge is -2.68. The van der Waals surface area contributed by atoms with Gasteiger partial charge in [0.2, 0.25) is 0 Å². The summed E-state index contributed by atoms with van der Waals surface area (Å²) in [5, 5.41) is 9.42. The zero-order valence-electron chi connectivity index (χ0n) is 27.7. The number of allylic oxidation sites excluding steroid dienone is 3. The van der Waals surface area contributed by atoms with Gasteiger partial charge in [-0.25, -0.2) is 9.59 Å². The number of carboxylic acid groups (broad SMARTS) is 1. The van der Waals surface area contributed by atoms with Crippen LogP contribution in [0.3, 0.4) is 0 Å². The number of benzene rings is 1. The molecule has 43 heavy (non-hydrogen) atoms. The van der Waals surface area contributed by atoms with Crippen LogP contribution in [-0.4, -0.2) is 22.6 Å². The summed E-state index contributed by atoms with van der Waals surface area (Å²) < 4.78 is 5.60. The van der Waals surface area contributed by atoms with Crippen LogP contribution in [0.4, 0.5) is 0 Å². The fourth-order valence-corrected chi connectivity index (χ4v) is 12.0. The summed E-state index contributed by atoms with van der Waals surface area (Å²) >= 11 is 0. The Labute approximate surface area is 259 Å². The van der Waals surface area contributed by atoms with Gasteiger partial charge in [0, 0.05) is 6.08 Å². The predicted octanol–water partition coefficient (Wildman–Crippen LogP) is 9.74. The van der Waals surface area contributed by atoms with Gasteiger partial charge in [0.05, 0.1) is 5.56 Å². The average Bonchev–Trinajstić information content (AvgIpc) is 3.35. The van der Waals surface area contributed by atoms with Crippen LogP contribution in [-0.2, 0) is 9.53 Å². The molecule has 5 aliphatic carbocycles. The maximum absolute atomic E-state index is 12.6. The smallest absolute Gasteiger partial charge is 0.338 e. The van der Waals surface area contributed by atoms with Gasteiger partial charge in [0.25, 0.3) is 0 Å². The van der Waals surface area contributed by atoms with Crippen molar-refractivity contribution in [1.29, 1.82) is 0 Å². The van der Waals surface area contributed by atoms with Crippen LogP contribution in [0, 0.1) is 51.2 Å². The Morgan fingerprint density at radius 1 is 0.860 bits per heavy atom. The third kappa shape index (κ3) is 4.94. The summed E-state index contributed by atoms with van der Waals surface area (Å²) in [5.74, 6) is 2.43. The van der Waals surface area contributed by atoms with Crippen molar-refractivity contribution >= 4 is 17.5 Å². The minimum atomic E-state index is -0.796. The van der Waals surface area contributed by atoms with Crippen molar-refractivity contribution in [2.45, 2.75) is 118 Å². The van der Waals surface area contributed by atoms with E-state index in [1.54, 1.807) is 0 Å². The van der Waals surface area contributed by atoms with Gasteiger partial charge >= 0.3 is 11.9 Å². The van der Waals surface area contributed by atoms with Gasteiger partial charge in [-0.1, -0.05) is 58.4 Å². The maximum atomic E-state index is 12.6. The molecule has 1 aromatic carbocycles. The number of carboxylic acids is 1. The number of carbonyl (C=O) groups excluding carboxylic acids is 1. The van der Waals surface area contributed by atoms with E-state index in [0.717, 1.165) is 24.2 Å². The van der Waals surface area contributed by atoms with Crippen LogP contribution in [0.2, 0.25) is 0 Å². The second-order valence-electron chi connectivity index (χ2n) is 17.1. The lowest BCUT2D eigenvalue weighted by molar-refractivity contribution is -0.174. The normalized spacial score (nSPS) is 40.1. The van der Waals surface area contributed by atoms with Crippen molar-refractivity contribution in [3.05, 3.63) is 53.6 Å². The zero-order valence-corrected chi connectivity index (χ0v) is 27.7. The molecule has 4 heteroatoms. The summed E-state index contributed by atoms with van der Waals surface area (Å²) in [6, 6.07) is 8.13. The Morgan fingerprint density at radius 2 is 1.58 bits per heavy atom. The SMILES string of the molecule is CC(C)(C)OC(=O)c1ccc(C2=CC[C@@]3(C)C(CC[C@@]4(C)C5CC[C@@]6(/C=C/C(=O)O)CCC[C@@H]6[C@H]5CCC43)C2(C)C)cc1. The number of hydrogen-bond acceptors (Lipinski definition) is 3. The first-order chi connectivity index (χ1) is 20.1. The molecule has 0 radical (unpaired) electrons. The minimum absolute atomic E-state index is 0.0490. The van der Waals surface area contributed by atoms with E-state index in [2.05, 4.69) is 52.0 Å². The Kier molecular flexibility index (Phi) is 7.38. The van der Waals surface area contributed by atoms with Gasteiger partial charge < -0.3 is 9.84 Å². The lowest BCUT2D eigenvalue weighted by Crippen LogP contribution is -2.60. The Balaban J connectivity index is 1.26. The van der Waals surface area contributed by atoms with Gasteiger partial charge in [0.15, 0.2) is 0 Å². The van der Waals surface area contributed by atoms with Crippen molar-refractivity contribution in [3.8, 4) is 0 Å². The Bertz CT molecular complexity index is 1330. The van der Waals surface area contributed by atoms with Crippen molar-refractivity contribution in [1.82, 2.24) is 0 Å². The molecular weight excluding hydrogens is 532 g/mol. The minimum Gasteiger partial charge on any atom is -0.478 e. The molecular formula is C39H54O4. The maximum Gasteiger partial charge on any atom is 0.338 e. The second-order valence-corrected chi connectivity index (χ2v) is 17.1. The highest BCUT2D eigenvalue weighted by molar-refractivity contribution is 5.90. The van der Waals surface area contributed by atoms with Crippen LogP contribution in [0.5, 0.6) is 0 Å². The fourth-order valence-electron chi connectivity index (χ4n) is 12.0. The summed E-state index contributed by atoms with van der Waals surface area (Å²) in [5.41, 5.74) is 3.57. The van der Waals surface area contributed by atoms with Crippen LogP contribution < -0.4 is 0 Å². The third-order valence-corrected chi connectivity index (χ3v) is 13.5. The molecule has 8 atom stereocenters. The van der Waals surface area contributed by atoms with Gasteiger partial charge in [-0.2, -0.15) is 0 Å². The molecule has 0 aromatic heterocycles. The number of esters is 1. The molecule has 4 fully saturated rings. The van der Waals surface area contributed by atoms with E-state index in [4.69, 9.17) is 4.74 Å². The number of hydrogen-bond donors (Lipinski definition) is 1. The van der Waals surface area contributed by atoms with E-state index in [1.807, 2.05) is 32.9 Å². The average molecular weight is 587 g/mol. The van der Waals surface area contributed by atoms with E-state index >= 15 is 0 Å². The molecule has 4 saturated carbocycles. The Hall–Kier alpha value is -2.36. The van der Waals surface area contributed by atoms with Gasteiger partial charge in [-0.05, 0) is 153 Å². The molecule has 3 unspecified atom stereocenters. The van der Waals surface area contributed by atoms with E-state index in [1.165, 1.54) is 75.0 Å². The van der Waals surface area contributed by atoms with Gasteiger partial charge in [-0.15, -0.1) is 0 Å². The monoisotopic (exact) mass is 586 g/mol. The first-order valence-electron chi connectivity index (χ1n) is 17.1. The van der Waals surface area contributed by atoms with E-state index < -0.39 is 11.6 Å². The molecule has 1 N–H and O–H groups in total. The summed E-state index contributed by atoms with van der Waals surface area (Å²) in [4.78, 5) is 24.1. The molecule has 234 valence electrons. The fraction of sp³-hybridized carbons (Fsp3) is 0.692. The topological polar surface area (TPSA) is 63.6 Å². The first kappa shape index (κ1) is 30.7. The number of ether oxygens (including phenoxy) is 1. The molecule has 0 spiro atoms. The van der Waals surface area contributed by atoms with Crippen molar-refractivity contribution in [2.75, 3.05) is 0 Å². The molecule has 5 aliphatic rings. The summed E-state index contributed by atoms with van der Waals surface area (Å²) in [6.45, 7) is 15.9. The molecule has 1 aromatic rings. The quantitative estimate of drug-likeness (QED) is 0.282. The summed E-state index contributed by atoms with van der Waals surface area (Å²) in [7, 11) is 0. The first-order valence-corrected chi connectivity index (χ1v) is 17.1. The molecule has 0 bridgehead atoms. The second kappa shape index (κ2) is 10.3. The molecule has 0 aliphatic heterocycles. The Morgan fingerprint density at radius 3 is 2.26 bits per heavy atom. The molecule has 0 heterocycles. The van der Waals surface area contributed by atoms with Crippen LogP contribution in [0.15, 0.2) is 42.5 Å². The molecule has 4 nitrogen and oxygen atoms in total. The van der Waals surface area contributed by atoms with Crippen LogP contribution >= 0.6 is 0 Å². The van der Waals surface area contributed by atoms with Gasteiger partial charge in [0.1, 0.15) is 5.60 Å². The van der Waals surface area contributed by atoms with Crippen LogP contribution in [0.25, 0.3) is 5.57 Å². The van der Waals surface area contributed by atoms with E-state index in [9.17, 15) is 14.7 Å². The van der Waals surface area contributed by atoms with E-state index in [-0.39, 0.29) is 22.2 Å².